The van der Waals surface area contributed by atoms with Crippen molar-refractivity contribution in [1.29, 1.82) is 0 Å². The minimum atomic E-state index is -0.683. The van der Waals surface area contributed by atoms with Gasteiger partial charge in [0.2, 0.25) is 0 Å². The maximum atomic E-state index is 12.0. The van der Waals surface area contributed by atoms with Gasteiger partial charge in [-0.15, -0.1) is 0 Å². The quantitative estimate of drug-likeness (QED) is 0.427. The van der Waals surface area contributed by atoms with Crippen molar-refractivity contribution >= 4 is 23.0 Å². The number of carbonyl (C=O) groups excluding carboxylic acids is 1. The average Bonchev–Trinajstić information content (AvgIpc) is 2.90. The highest BCUT2D eigenvalue weighted by atomic mass is 16.6. The Balaban J connectivity index is 2.38. The van der Waals surface area contributed by atoms with Crippen LogP contribution in [0.1, 0.15) is 10.4 Å². The van der Waals surface area contributed by atoms with E-state index in [-0.39, 0.29) is 11.3 Å². The summed E-state index contributed by atoms with van der Waals surface area (Å²) >= 11 is 0. The number of anilines is 2. The number of nitrogen functional groups attached to an aromatic ring is 1. The molecule has 1 heterocycles. The summed E-state index contributed by atoms with van der Waals surface area (Å²) in [5.74, 6) is 4.52. The molecule has 9 nitrogen and oxygen atoms in total. The van der Waals surface area contributed by atoms with E-state index in [2.05, 4.69) is 20.4 Å². The molecule has 0 aliphatic carbocycles. The highest BCUT2D eigenvalue weighted by Crippen LogP contribution is 2.28. The highest BCUT2D eigenvalue weighted by Gasteiger charge is 2.24. The van der Waals surface area contributed by atoms with Crippen molar-refractivity contribution < 1.29 is 14.2 Å². The number of amides is 1. The lowest BCUT2D eigenvalue weighted by molar-refractivity contribution is -0.384. The monoisotopic (exact) mass is 263 g/mol. The molecule has 0 bridgehead atoms. The Morgan fingerprint density at radius 2 is 2.26 bits per heavy atom. The van der Waals surface area contributed by atoms with E-state index in [4.69, 9.17) is 5.84 Å². The van der Waals surface area contributed by atoms with Crippen LogP contribution in [-0.2, 0) is 0 Å². The van der Waals surface area contributed by atoms with E-state index >= 15 is 0 Å². The minimum Gasteiger partial charge on any atom is -0.363 e. The SMILES string of the molecule is NNc1cccc(C(=O)Nc2cnoc2)c1[N+](=O)[O-]. The summed E-state index contributed by atoms with van der Waals surface area (Å²) in [6, 6.07) is 4.20. The van der Waals surface area contributed by atoms with Crippen LogP contribution in [0, 0.1) is 10.1 Å². The molecule has 1 aromatic heterocycles. The molecule has 2 aromatic rings. The van der Waals surface area contributed by atoms with Gasteiger partial charge in [-0.25, -0.2) is 0 Å². The first-order valence-corrected chi connectivity index (χ1v) is 5.08. The smallest absolute Gasteiger partial charge is 0.306 e. The number of nitrogens with zero attached hydrogens (tertiary/aromatic N) is 2. The lowest BCUT2D eigenvalue weighted by atomic mass is 10.1. The van der Waals surface area contributed by atoms with Crippen LogP contribution in [-0.4, -0.2) is 16.0 Å². The van der Waals surface area contributed by atoms with Gasteiger partial charge < -0.3 is 15.3 Å². The zero-order valence-corrected chi connectivity index (χ0v) is 9.49. The third kappa shape index (κ3) is 2.50. The number of nitrogens with two attached hydrogens (primary N) is 1. The van der Waals surface area contributed by atoms with Crippen molar-refractivity contribution in [2.45, 2.75) is 0 Å². The van der Waals surface area contributed by atoms with Crippen LogP contribution in [0.25, 0.3) is 0 Å². The fourth-order valence-electron chi connectivity index (χ4n) is 1.50. The van der Waals surface area contributed by atoms with Gasteiger partial charge in [0.05, 0.1) is 11.1 Å². The van der Waals surface area contributed by atoms with Crippen LogP contribution in [0.3, 0.4) is 0 Å². The molecule has 0 radical (unpaired) electrons. The van der Waals surface area contributed by atoms with Gasteiger partial charge in [0.1, 0.15) is 23.2 Å². The second-order valence-corrected chi connectivity index (χ2v) is 3.47. The first-order chi connectivity index (χ1) is 9.13. The Bertz CT molecular complexity index is 610. The number of hydrazine groups is 1. The summed E-state index contributed by atoms with van der Waals surface area (Å²) in [4.78, 5) is 22.3. The van der Waals surface area contributed by atoms with E-state index in [0.717, 1.165) is 0 Å². The summed E-state index contributed by atoms with van der Waals surface area (Å²) in [6.07, 6.45) is 2.48. The molecule has 1 aromatic carbocycles. The Morgan fingerprint density at radius 3 is 2.84 bits per heavy atom. The molecule has 0 unspecified atom stereocenters. The first kappa shape index (κ1) is 12.5. The van der Waals surface area contributed by atoms with Gasteiger partial charge in [-0.1, -0.05) is 11.2 Å². The maximum absolute atomic E-state index is 12.0. The molecule has 0 aliphatic heterocycles. The summed E-state index contributed by atoms with van der Waals surface area (Å²) in [5, 5.41) is 16.8. The van der Waals surface area contributed by atoms with Gasteiger partial charge in [-0.3, -0.25) is 20.8 Å². The number of nitro benzene ring substituents is 1. The van der Waals surface area contributed by atoms with Crippen LogP contribution in [0.5, 0.6) is 0 Å². The second kappa shape index (κ2) is 5.14. The number of rotatable bonds is 4. The van der Waals surface area contributed by atoms with Crippen molar-refractivity contribution in [3.05, 3.63) is 46.3 Å². The topological polar surface area (TPSA) is 136 Å². The predicted octanol–water partition coefficient (Wildman–Crippen LogP) is 1.12. The molecule has 9 heteroatoms. The van der Waals surface area contributed by atoms with Crippen molar-refractivity contribution in [1.82, 2.24) is 5.16 Å². The number of benzene rings is 1. The van der Waals surface area contributed by atoms with Gasteiger partial charge >= 0.3 is 5.69 Å². The predicted molar refractivity (Wildman–Crippen MR) is 65.4 cm³/mol. The molecule has 0 aliphatic rings. The number of hydrogen-bond donors (Lipinski definition) is 3. The molecule has 1 amide bonds. The Hall–Kier alpha value is -2.94. The fourth-order valence-corrected chi connectivity index (χ4v) is 1.50. The second-order valence-electron chi connectivity index (χ2n) is 3.47. The van der Waals surface area contributed by atoms with Crippen LogP contribution < -0.4 is 16.6 Å². The van der Waals surface area contributed by atoms with Crippen molar-refractivity contribution in [2.24, 2.45) is 5.84 Å². The lowest BCUT2D eigenvalue weighted by Crippen LogP contribution is -2.16. The summed E-state index contributed by atoms with van der Waals surface area (Å²) < 4.78 is 4.54. The van der Waals surface area contributed by atoms with E-state index < -0.39 is 16.5 Å². The Kier molecular flexibility index (Phi) is 3.39. The zero-order valence-electron chi connectivity index (χ0n) is 9.49. The number of aromatic nitrogens is 1. The third-order valence-electron chi connectivity index (χ3n) is 2.31. The molecule has 19 heavy (non-hydrogen) atoms. The van der Waals surface area contributed by atoms with Gasteiger partial charge in [-0.2, -0.15) is 0 Å². The molecule has 0 saturated carbocycles. The number of nitro groups is 1. The van der Waals surface area contributed by atoms with Crippen LogP contribution >= 0.6 is 0 Å². The lowest BCUT2D eigenvalue weighted by Gasteiger charge is -2.06. The summed E-state index contributed by atoms with van der Waals surface area (Å²) in [5.41, 5.74) is 1.99. The van der Waals surface area contributed by atoms with Gasteiger partial charge in [0.25, 0.3) is 5.91 Å². The van der Waals surface area contributed by atoms with Crippen LogP contribution in [0.2, 0.25) is 0 Å². The zero-order chi connectivity index (χ0) is 13.8. The normalized spacial score (nSPS) is 9.95. The molecule has 0 atom stereocenters. The van der Waals surface area contributed by atoms with Crippen molar-refractivity contribution in [3.8, 4) is 0 Å². The van der Waals surface area contributed by atoms with Crippen molar-refractivity contribution in [2.75, 3.05) is 10.7 Å². The fraction of sp³-hybridized carbons (Fsp3) is 0. The molecule has 0 spiro atoms. The molecular formula is C10H9N5O4. The number of hydrogen-bond acceptors (Lipinski definition) is 7. The van der Waals surface area contributed by atoms with Gasteiger partial charge in [-0.05, 0) is 12.1 Å². The largest absolute Gasteiger partial charge is 0.363 e. The van der Waals surface area contributed by atoms with E-state index in [0.29, 0.717) is 5.69 Å². The van der Waals surface area contributed by atoms with Crippen LogP contribution in [0.15, 0.2) is 35.2 Å². The number of para-hydroxylation sites is 1. The molecule has 2 rings (SSSR count). The van der Waals surface area contributed by atoms with E-state index in [1.54, 1.807) is 0 Å². The Labute approximate surface area is 106 Å². The highest BCUT2D eigenvalue weighted by molar-refractivity contribution is 6.08. The number of carbonyl (C=O) groups is 1. The maximum Gasteiger partial charge on any atom is 0.306 e. The van der Waals surface area contributed by atoms with Crippen LogP contribution in [0.4, 0.5) is 17.1 Å². The van der Waals surface area contributed by atoms with E-state index in [9.17, 15) is 14.9 Å². The van der Waals surface area contributed by atoms with Crippen molar-refractivity contribution in [3.63, 3.8) is 0 Å². The average molecular weight is 263 g/mol. The standard InChI is InChI=1S/C10H9N5O4/c11-14-8-3-1-2-7(9(8)15(17)18)10(16)13-6-4-12-19-5-6/h1-5,14H,11H2,(H,13,16). The molecule has 4 N–H and O–H groups in total. The summed E-state index contributed by atoms with van der Waals surface area (Å²) in [6.45, 7) is 0. The molecule has 98 valence electrons. The minimum absolute atomic E-state index is 0.0444. The molecule has 0 fully saturated rings. The van der Waals surface area contributed by atoms with E-state index in [1.807, 2.05) is 0 Å². The third-order valence-corrected chi connectivity index (χ3v) is 2.31. The molecular weight excluding hydrogens is 254 g/mol. The molecule has 0 saturated heterocycles. The van der Waals surface area contributed by atoms with E-state index in [1.165, 1.54) is 30.7 Å². The Morgan fingerprint density at radius 1 is 1.47 bits per heavy atom. The number of nitrogens with one attached hydrogen (secondary N) is 2. The van der Waals surface area contributed by atoms with Gasteiger partial charge in [0.15, 0.2) is 0 Å². The summed E-state index contributed by atoms with van der Waals surface area (Å²) in [7, 11) is 0. The van der Waals surface area contributed by atoms with Gasteiger partial charge in [0, 0.05) is 0 Å². The first-order valence-electron chi connectivity index (χ1n) is 5.08.